The second-order valence-corrected chi connectivity index (χ2v) is 6.21. The highest BCUT2D eigenvalue weighted by molar-refractivity contribution is 5.78. The van der Waals surface area contributed by atoms with E-state index in [9.17, 15) is 23.3 Å². The summed E-state index contributed by atoms with van der Waals surface area (Å²) in [5, 5.41) is 17.2. The van der Waals surface area contributed by atoms with Crippen LogP contribution in [0.25, 0.3) is 0 Å². The van der Waals surface area contributed by atoms with Gasteiger partial charge in [-0.1, -0.05) is 6.07 Å². The molecule has 156 valence electrons. The van der Waals surface area contributed by atoms with Gasteiger partial charge in [-0.15, -0.1) is 0 Å². The highest BCUT2D eigenvalue weighted by atomic mass is 19.4. The lowest BCUT2D eigenvalue weighted by atomic mass is 10.2. The average molecular weight is 419 g/mol. The van der Waals surface area contributed by atoms with Crippen LogP contribution in [0.2, 0.25) is 0 Å². The van der Waals surface area contributed by atoms with E-state index in [1.54, 1.807) is 12.1 Å². The number of hydrogen-bond donors (Lipinski definition) is 2. The predicted molar refractivity (Wildman–Crippen MR) is 104 cm³/mol. The van der Waals surface area contributed by atoms with Crippen molar-refractivity contribution in [3.05, 3.63) is 70.0 Å². The van der Waals surface area contributed by atoms with E-state index in [-0.39, 0.29) is 17.3 Å². The number of rotatable bonds is 6. The first-order chi connectivity index (χ1) is 14.2. The zero-order valence-electron chi connectivity index (χ0n) is 15.8. The van der Waals surface area contributed by atoms with Crippen LogP contribution in [0.3, 0.4) is 0 Å². The first kappa shape index (κ1) is 20.8. The van der Waals surface area contributed by atoms with Crippen molar-refractivity contribution in [2.75, 3.05) is 17.7 Å². The van der Waals surface area contributed by atoms with E-state index in [1.807, 2.05) is 13.0 Å². The van der Waals surface area contributed by atoms with Gasteiger partial charge >= 0.3 is 11.9 Å². The summed E-state index contributed by atoms with van der Waals surface area (Å²) in [6.45, 7) is 1.84. The SMILES string of the molecule is COc1ccc(C)cc1Nc1ncnc(Nc2ccc(C(F)(F)F)cc2)c1[N+](=O)[O-]. The minimum atomic E-state index is -4.48. The molecule has 0 spiro atoms. The van der Waals surface area contributed by atoms with Gasteiger partial charge in [-0.2, -0.15) is 13.2 Å². The Hall–Kier alpha value is -3.89. The summed E-state index contributed by atoms with van der Waals surface area (Å²) in [5.41, 5.74) is 0.238. The molecule has 0 aliphatic rings. The van der Waals surface area contributed by atoms with Crippen LogP contribution in [0, 0.1) is 17.0 Å². The third kappa shape index (κ3) is 4.57. The highest BCUT2D eigenvalue weighted by Gasteiger charge is 2.30. The summed E-state index contributed by atoms with van der Waals surface area (Å²) >= 11 is 0. The summed E-state index contributed by atoms with van der Waals surface area (Å²) in [4.78, 5) is 18.8. The normalized spacial score (nSPS) is 11.1. The van der Waals surface area contributed by atoms with Crippen LogP contribution in [-0.4, -0.2) is 22.0 Å². The molecule has 1 heterocycles. The van der Waals surface area contributed by atoms with Gasteiger partial charge in [0.25, 0.3) is 0 Å². The second-order valence-electron chi connectivity index (χ2n) is 6.21. The Balaban J connectivity index is 1.96. The van der Waals surface area contributed by atoms with E-state index in [0.29, 0.717) is 11.4 Å². The molecule has 2 aromatic carbocycles. The molecule has 0 radical (unpaired) electrons. The number of nitrogens with one attached hydrogen (secondary N) is 2. The first-order valence-electron chi connectivity index (χ1n) is 8.54. The van der Waals surface area contributed by atoms with Crippen molar-refractivity contribution in [3.63, 3.8) is 0 Å². The maximum Gasteiger partial charge on any atom is 0.416 e. The minimum Gasteiger partial charge on any atom is -0.495 e. The Morgan fingerprint density at radius 2 is 1.67 bits per heavy atom. The van der Waals surface area contributed by atoms with Gasteiger partial charge in [-0.05, 0) is 48.9 Å². The lowest BCUT2D eigenvalue weighted by Gasteiger charge is -2.13. The zero-order chi connectivity index (χ0) is 21.9. The molecule has 8 nitrogen and oxygen atoms in total. The number of aromatic nitrogens is 2. The second kappa shape index (κ2) is 8.23. The van der Waals surface area contributed by atoms with Gasteiger partial charge < -0.3 is 15.4 Å². The van der Waals surface area contributed by atoms with Crippen molar-refractivity contribution in [2.24, 2.45) is 0 Å². The third-order valence-corrected chi connectivity index (χ3v) is 4.09. The number of alkyl halides is 3. The Kier molecular flexibility index (Phi) is 5.72. The molecule has 0 atom stereocenters. The molecule has 0 amide bonds. The molecule has 11 heteroatoms. The average Bonchev–Trinajstić information content (AvgIpc) is 2.68. The molecular weight excluding hydrogens is 403 g/mol. The Morgan fingerprint density at radius 3 is 2.23 bits per heavy atom. The fraction of sp³-hybridized carbons (Fsp3) is 0.158. The monoisotopic (exact) mass is 419 g/mol. The number of benzene rings is 2. The molecule has 1 aromatic heterocycles. The molecule has 0 bridgehead atoms. The summed E-state index contributed by atoms with van der Waals surface area (Å²) in [6.07, 6.45) is -3.38. The molecule has 0 fully saturated rings. The Bertz CT molecular complexity index is 1070. The number of anilines is 4. The van der Waals surface area contributed by atoms with Crippen molar-refractivity contribution in [1.29, 1.82) is 0 Å². The predicted octanol–water partition coefficient (Wildman–Crippen LogP) is 5.21. The lowest BCUT2D eigenvalue weighted by molar-refractivity contribution is -0.383. The van der Waals surface area contributed by atoms with Crippen molar-refractivity contribution >= 4 is 28.7 Å². The summed E-state index contributed by atoms with van der Waals surface area (Å²) in [6, 6.07) is 9.30. The van der Waals surface area contributed by atoms with Crippen molar-refractivity contribution in [3.8, 4) is 5.75 Å². The number of ether oxygens (including phenoxy) is 1. The molecule has 0 saturated heterocycles. The van der Waals surface area contributed by atoms with Crippen LogP contribution in [0.1, 0.15) is 11.1 Å². The van der Waals surface area contributed by atoms with Gasteiger partial charge in [0.1, 0.15) is 12.1 Å². The Labute approximate surface area is 168 Å². The third-order valence-electron chi connectivity index (χ3n) is 4.09. The largest absolute Gasteiger partial charge is 0.495 e. The molecule has 0 unspecified atom stereocenters. The van der Waals surface area contributed by atoms with Crippen LogP contribution >= 0.6 is 0 Å². The molecular formula is C19H16F3N5O3. The van der Waals surface area contributed by atoms with Crippen LogP contribution in [-0.2, 0) is 6.18 Å². The number of methoxy groups -OCH3 is 1. The fourth-order valence-electron chi connectivity index (χ4n) is 2.66. The topological polar surface area (TPSA) is 102 Å². The van der Waals surface area contributed by atoms with Gasteiger partial charge in [-0.25, -0.2) is 9.97 Å². The van der Waals surface area contributed by atoms with Crippen LogP contribution in [0.5, 0.6) is 5.75 Å². The summed E-state index contributed by atoms with van der Waals surface area (Å²) in [7, 11) is 1.46. The highest BCUT2D eigenvalue weighted by Crippen LogP contribution is 2.36. The van der Waals surface area contributed by atoms with Gasteiger partial charge in [0.05, 0.1) is 23.3 Å². The molecule has 3 aromatic rings. The van der Waals surface area contributed by atoms with E-state index in [4.69, 9.17) is 4.74 Å². The van der Waals surface area contributed by atoms with Crippen molar-refractivity contribution in [1.82, 2.24) is 9.97 Å². The van der Waals surface area contributed by atoms with Crippen LogP contribution < -0.4 is 15.4 Å². The quantitative estimate of drug-likeness (QED) is 0.418. The zero-order valence-corrected chi connectivity index (χ0v) is 15.8. The minimum absolute atomic E-state index is 0.103. The van der Waals surface area contributed by atoms with Crippen molar-refractivity contribution in [2.45, 2.75) is 13.1 Å². The van der Waals surface area contributed by atoms with Crippen LogP contribution in [0.4, 0.5) is 41.9 Å². The molecule has 0 saturated carbocycles. The van der Waals surface area contributed by atoms with Gasteiger partial charge in [0.2, 0.25) is 11.6 Å². The van der Waals surface area contributed by atoms with Gasteiger partial charge in [0.15, 0.2) is 0 Å². The number of nitro groups is 1. The van der Waals surface area contributed by atoms with E-state index in [0.717, 1.165) is 36.2 Å². The summed E-state index contributed by atoms with van der Waals surface area (Å²) in [5.74, 6) is 0.169. The number of hydrogen-bond acceptors (Lipinski definition) is 7. The smallest absolute Gasteiger partial charge is 0.416 e. The van der Waals surface area contributed by atoms with Crippen LogP contribution in [0.15, 0.2) is 48.8 Å². The van der Waals surface area contributed by atoms with E-state index in [1.165, 1.54) is 7.11 Å². The summed E-state index contributed by atoms with van der Waals surface area (Å²) < 4.78 is 43.4. The standard InChI is InChI=1S/C19H16F3N5O3/c1-11-3-8-15(30-2)14(9-11)26-18-16(27(28)29)17(23-10-24-18)25-13-6-4-12(5-7-13)19(20,21)22/h3-10H,1-2H3,(H2,23,24,25,26). The maximum absolute atomic E-state index is 12.7. The molecule has 2 N–H and O–H groups in total. The molecule has 30 heavy (non-hydrogen) atoms. The molecule has 3 rings (SSSR count). The first-order valence-corrected chi connectivity index (χ1v) is 8.54. The maximum atomic E-state index is 12.7. The van der Waals surface area contributed by atoms with Gasteiger partial charge in [-0.3, -0.25) is 10.1 Å². The number of nitrogens with zero attached hydrogens (tertiary/aromatic N) is 3. The van der Waals surface area contributed by atoms with E-state index in [2.05, 4.69) is 20.6 Å². The molecule has 0 aliphatic carbocycles. The fourth-order valence-corrected chi connectivity index (χ4v) is 2.66. The molecule has 0 aliphatic heterocycles. The Morgan fingerprint density at radius 1 is 1.03 bits per heavy atom. The number of halogens is 3. The number of aryl methyl sites for hydroxylation is 1. The van der Waals surface area contributed by atoms with E-state index >= 15 is 0 Å². The lowest BCUT2D eigenvalue weighted by Crippen LogP contribution is -2.07. The van der Waals surface area contributed by atoms with Crippen molar-refractivity contribution < 1.29 is 22.8 Å². The van der Waals surface area contributed by atoms with E-state index < -0.39 is 22.4 Å². The van der Waals surface area contributed by atoms with Gasteiger partial charge in [0, 0.05) is 5.69 Å².